The lowest BCUT2D eigenvalue weighted by Crippen LogP contribution is -2.21. The van der Waals surface area contributed by atoms with Crippen molar-refractivity contribution < 1.29 is 0 Å². The Balaban J connectivity index is 1.49. The summed E-state index contributed by atoms with van der Waals surface area (Å²) in [4.78, 5) is 12.2. The highest BCUT2D eigenvalue weighted by molar-refractivity contribution is 5.80. The number of benzene rings is 2. The molecule has 146 valence electrons. The fourth-order valence-electron chi connectivity index (χ4n) is 3.94. The van der Waals surface area contributed by atoms with Crippen LogP contribution < -0.4 is 10.2 Å². The molecule has 3 heterocycles. The van der Waals surface area contributed by atoms with E-state index >= 15 is 0 Å². The molecule has 2 aromatic heterocycles. The molecule has 5 rings (SSSR count). The van der Waals surface area contributed by atoms with Gasteiger partial charge in [-0.25, -0.2) is 9.97 Å². The Morgan fingerprint density at radius 3 is 2.34 bits per heavy atom. The van der Waals surface area contributed by atoms with E-state index in [9.17, 15) is 0 Å². The van der Waals surface area contributed by atoms with Gasteiger partial charge in [0.2, 0.25) is 0 Å². The van der Waals surface area contributed by atoms with Gasteiger partial charge in [-0.1, -0.05) is 42.5 Å². The summed E-state index contributed by atoms with van der Waals surface area (Å²) in [7, 11) is 1.96. The minimum atomic E-state index is 0.645. The van der Waals surface area contributed by atoms with Gasteiger partial charge in [-0.05, 0) is 25.0 Å². The van der Waals surface area contributed by atoms with Crippen LogP contribution in [0.5, 0.6) is 0 Å². The number of fused-ring (bicyclic) bond motifs is 1. The van der Waals surface area contributed by atoms with Crippen LogP contribution >= 0.6 is 0 Å². The number of para-hydroxylation sites is 2. The topological polar surface area (TPSA) is 58.9 Å². The molecule has 0 radical (unpaired) electrons. The van der Waals surface area contributed by atoms with E-state index in [1.54, 1.807) is 0 Å². The van der Waals surface area contributed by atoms with Crippen molar-refractivity contribution in [2.75, 3.05) is 23.3 Å². The largest absolute Gasteiger partial charge is 0.363 e. The summed E-state index contributed by atoms with van der Waals surface area (Å²) in [5.74, 6) is 1.79. The van der Waals surface area contributed by atoms with Crippen LogP contribution in [0.2, 0.25) is 0 Å². The Morgan fingerprint density at radius 2 is 1.59 bits per heavy atom. The second kappa shape index (κ2) is 7.54. The average Bonchev–Trinajstić information content (AvgIpc) is 3.42. The van der Waals surface area contributed by atoms with Crippen LogP contribution in [0, 0.1) is 0 Å². The van der Waals surface area contributed by atoms with Crippen molar-refractivity contribution in [3.8, 4) is 11.3 Å². The van der Waals surface area contributed by atoms with E-state index in [1.165, 1.54) is 12.8 Å². The van der Waals surface area contributed by atoms with Crippen molar-refractivity contribution >= 4 is 22.7 Å². The highest BCUT2D eigenvalue weighted by Gasteiger charge is 2.20. The van der Waals surface area contributed by atoms with Crippen molar-refractivity contribution in [1.82, 2.24) is 19.7 Å². The highest BCUT2D eigenvalue weighted by atomic mass is 15.3. The molecule has 1 aliphatic heterocycles. The first-order valence-electron chi connectivity index (χ1n) is 10.1. The molecule has 0 saturated carbocycles. The zero-order valence-corrected chi connectivity index (χ0v) is 16.5. The lowest BCUT2D eigenvalue weighted by Gasteiger charge is -2.20. The number of aromatic nitrogens is 4. The third-order valence-corrected chi connectivity index (χ3v) is 5.36. The van der Waals surface area contributed by atoms with Crippen LogP contribution in [0.25, 0.3) is 22.3 Å². The minimum Gasteiger partial charge on any atom is -0.363 e. The van der Waals surface area contributed by atoms with E-state index in [2.05, 4.69) is 33.6 Å². The van der Waals surface area contributed by atoms with Crippen molar-refractivity contribution in [3.63, 3.8) is 0 Å². The molecule has 6 nitrogen and oxygen atoms in total. The monoisotopic (exact) mass is 384 g/mol. The van der Waals surface area contributed by atoms with Crippen molar-refractivity contribution in [1.29, 1.82) is 0 Å². The standard InChI is InChI=1S/C23H24N6/c1-28-16-18(21(27-28)17-9-3-2-4-10-17)15-24-22-23(29-13-7-8-14-29)26-20-12-6-5-11-19(20)25-22/h2-6,9-12,16H,7-8,13-15H2,1H3,(H,24,25). The molecular formula is C23H24N6. The van der Waals surface area contributed by atoms with Gasteiger partial charge in [-0.15, -0.1) is 0 Å². The van der Waals surface area contributed by atoms with E-state index in [1.807, 2.05) is 54.2 Å². The molecule has 1 aliphatic rings. The molecule has 1 N–H and O–H groups in total. The van der Waals surface area contributed by atoms with Crippen LogP contribution in [-0.4, -0.2) is 32.8 Å². The average molecular weight is 384 g/mol. The molecule has 6 heteroatoms. The number of hydrogen-bond acceptors (Lipinski definition) is 5. The Kier molecular flexibility index (Phi) is 4.60. The molecule has 29 heavy (non-hydrogen) atoms. The third kappa shape index (κ3) is 3.53. The number of anilines is 2. The van der Waals surface area contributed by atoms with Crippen LogP contribution in [0.1, 0.15) is 18.4 Å². The lowest BCUT2D eigenvalue weighted by atomic mass is 10.1. The SMILES string of the molecule is Cn1cc(CNc2nc3ccccc3nc2N2CCCC2)c(-c2ccccc2)n1. The summed E-state index contributed by atoms with van der Waals surface area (Å²) in [5.41, 5.74) is 5.10. The van der Waals surface area contributed by atoms with Gasteiger partial charge in [-0.3, -0.25) is 4.68 Å². The Labute approximate surface area is 170 Å². The van der Waals surface area contributed by atoms with E-state index in [4.69, 9.17) is 9.97 Å². The Morgan fingerprint density at radius 1 is 0.897 bits per heavy atom. The molecule has 0 amide bonds. The minimum absolute atomic E-state index is 0.645. The molecule has 0 atom stereocenters. The summed E-state index contributed by atoms with van der Waals surface area (Å²) < 4.78 is 1.87. The van der Waals surface area contributed by atoms with Crippen molar-refractivity contribution in [3.05, 3.63) is 66.4 Å². The zero-order valence-electron chi connectivity index (χ0n) is 16.5. The number of nitrogens with one attached hydrogen (secondary N) is 1. The molecule has 4 aromatic rings. The fraction of sp³-hybridized carbons (Fsp3) is 0.261. The molecule has 1 fully saturated rings. The van der Waals surface area contributed by atoms with E-state index < -0.39 is 0 Å². The predicted molar refractivity (Wildman–Crippen MR) is 117 cm³/mol. The number of rotatable bonds is 5. The molecule has 1 saturated heterocycles. The highest BCUT2D eigenvalue weighted by Crippen LogP contribution is 2.29. The number of nitrogens with zero attached hydrogens (tertiary/aromatic N) is 5. The summed E-state index contributed by atoms with van der Waals surface area (Å²) >= 11 is 0. The van der Waals surface area contributed by atoms with Gasteiger partial charge in [0.05, 0.1) is 16.7 Å². The first-order valence-corrected chi connectivity index (χ1v) is 10.1. The van der Waals surface area contributed by atoms with Crippen LogP contribution in [0.3, 0.4) is 0 Å². The van der Waals surface area contributed by atoms with Gasteiger partial charge in [0, 0.05) is 44.0 Å². The molecular weight excluding hydrogens is 360 g/mol. The van der Waals surface area contributed by atoms with Gasteiger partial charge >= 0.3 is 0 Å². The maximum Gasteiger partial charge on any atom is 0.172 e. The van der Waals surface area contributed by atoms with Crippen molar-refractivity contribution in [2.45, 2.75) is 19.4 Å². The van der Waals surface area contributed by atoms with Gasteiger partial charge < -0.3 is 10.2 Å². The van der Waals surface area contributed by atoms with Crippen LogP contribution in [0.15, 0.2) is 60.8 Å². The summed E-state index contributed by atoms with van der Waals surface area (Å²) in [6, 6.07) is 18.4. The van der Waals surface area contributed by atoms with Gasteiger partial charge in [0.15, 0.2) is 11.6 Å². The van der Waals surface area contributed by atoms with E-state index in [0.29, 0.717) is 6.54 Å². The van der Waals surface area contributed by atoms with Gasteiger partial charge in [0.1, 0.15) is 0 Å². The normalized spacial score (nSPS) is 13.9. The molecule has 0 spiro atoms. The van der Waals surface area contributed by atoms with Gasteiger partial charge in [-0.2, -0.15) is 5.10 Å². The summed E-state index contributed by atoms with van der Waals surface area (Å²) in [6.07, 6.45) is 4.47. The van der Waals surface area contributed by atoms with Crippen LogP contribution in [-0.2, 0) is 13.6 Å². The second-order valence-electron chi connectivity index (χ2n) is 7.47. The van der Waals surface area contributed by atoms with Gasteiger partial charge in [0.25, 0.3) is 0 Å². The fourth-order valence-corrected chi connectivity index (χ4v) is 3.94. The number of hydrogen-bond donors (Lipinski definition) is 1. The smallest absolute Gasteiger partial charge is 0.172 e. The first kappa shape index (κ1) is 17.7. The first-order chi connectivity index (χ1) is 14.3. The number of aryl methyl sites for hydroxylation is 1. The third-order valence-electron chi connectivity index (χ3n) is 5.36. The lowest BCUT2D eigenvalue weighted by molar-refractivity contribution is 0.770. The molecule has 0 bridgehead atoms. The van der Waals surface area contributed by atoms with Crippen molar-refractivity contribution in [2.24, 2.45) is 7.05 Å². The summed E-state index contributed by atoms with van der Waals surface area (Å²) in [5, 5.41) is 8.23. The maximum atomic E-state index is 4.94. The second-order valence-corrected chi connectivity index (χ2v) is 7.47. The van der Waals surface area contributed by atoms with E-state index in [0.717, 1.165) is 52.6 Å². The van der Waals surface area contributed by atoms with Crippen LogP contribution in [0.4, 0.5) is 11.6 Å². The molecule has 0 aliphatic carbocycles. The Bertz CT molecular complexity index is 1130. The Hall–Kier alpha value is -3.41. The van der Waals surface area contributed by atoms with E-state index in [-0.39, 0.29) is 0 Å². The predicted octanol–water partition coefficient (Wildman–Crippen LogP) is 4.24. The summed E-state index contributed by atoms with van der Waals surface area (Å²) in [6.45, 7) is 2.71. The zero-order chi connectivity index (χ0) is 19.6. The molecule has 2 aromatic carbocycles. The quantitative estimate of drug-likeness (QED) is 0.558. The molecule has 0 unspecified atom stereocenters. The maximum absolute atomic E-state index is 4.94.